The topological polar surface area (TPSA) is 77.3 Å². The number of anilines is 1. The number of nitriles is 1. The minimum absolute atomic E-state index is 0.000265. The summed E-state index contributed by atoms with van der Waals surface area (Å²) in [6, 6.07) is 19.4. The highest BCUT2D eigenvalue weighted by atomic mass is 32.2. The maximum atomic E-state index is 12.5. The number of carbonyl (C=O) groups excluding carboxylic acids is 1. The van der Waals surface area contributed by atoms with Crippen LogP contribution >= 0.6 is 23.5 Å². The second-order valence-electron chi connectivity index (χ2n) is 5.21. The molecular weight excluding hydrogens is 364 g/mol. The van der Waals surface area contributed by atoms with Gasteiger partial charge in [0.05, 0.1) is 12.2 Å². The minimum Gasteiger partial charge on any atom is -0.340 e. The van der Waals surface area contributed by atoms with E-state index in [4.69, 9.17) is 0 Å². The third-order valence-electron chi connectivity index (χ3n) is 3.40. The Bertz CT molecular complexity index is 888. The Hall–Kier alpha value is -2.69. The van der Waals surface area contributed by atoms with Crippen LogP contribution in [0.3, 0.4) is 0 Å². The molecule has 5 nitrogen and oxygen atoms in total. The molecule has 0 fully saturated rings. The van der Waals surface area contributed by atoms with Crippen molar-refractivity contribution in [2.75, 3.05) is 17.6 Å². The second kappa shape index (κ2) is 9.13. The van der Waals surface area contributed by atoms with Crippen molar-refractivity contribution in [3.05, 3.63) is 66.4 Å². The first-order chi connectivity index (χ1) is 12.8. The predicted octanol–water partition coefficient (Wildman–Crippen LogP) is 3.88. The molecule has 2 aromatic carbocycles. The van der Waals surface area contributed by atoms with Gasteiger partial charge in [-0.25, -0.2) is 0 Å². The molecule has 0 saturated heterocycles. The van der Waals surface area contributed by atoms with Crippen LogP contribution in [0.4, 0.5) is 5.69 Å². The molecule has 1 aliphatic heterocycles. The molecule has 0 aliphatic carbocycles. The SMILES string of the molecule is N#C/C(=C/NC1=NCCS1)C(=O)Nc1ccccc1Sc1ccccc1. The summed E-state index contributed by atoms with van der Waals surface area (Å²) < 4.78 is 0. The van der Waals surface area contributed by atoms with Crippen molar-refractivity contribution in [2.24, 2.45) is 4.99 Å². The maximum Gasteiger partial charge on any atom is 0.267 e. The third-order valence-corrected chi connectivity index (χ3v) is 5.39. The number of rotatable bonds is 5. The van der Waals surface area contributed by atoms with Crippen LogP contribution in [0.25, 0.3) is 0 Å². The van der Waals surface area contributed by atoms with Crippen molar-refractivity contribution in [1.82, 2.24) is 5.32 Å². The van der Waals surface area contributed by atoms with Crippen molar-refractivity contribution < 1.29 is 4.79 Å². The lowest BCUT2D eigenvalue weighted by atomic mass is 10.2. The van der Waals surface area contributed by atoms with Gasteiger partial charge in [-0.1, -0.05) is 53.9 Å². The number of nitrogens with one attached hydrogen (secondary N) is 2. The van der Waals surface area contributed by atoms with Crippen molar-refractivity contribution in [3.63, 3.8) is 0 Å². The van der Waals surface area contributed by atoms with Gasteiger partial charge in [0.2, 0.25) is 0 Å². The van der Waals surface area contributed by atoms with E-state index in [9.17, 15) is 10.1 Å². The summed E-state index contributed by atoms with van der Waals surface area (Å²) in [4.78, 5) is 18.7. The number of hydrogen-bond donors (Lipinski definition) is 2. The smallest absolute Gasteiger partial charge is 0.267 e. The van der Waals surface area contributed by atoms with Gasteiger partial charge in [-0.2, -0.15) is 5.26 Å². The van der Waals surface area contributed by atoms with Crippen LogP contribution in [0.2, 0.25) is 0 Å². The number of para-hydroxylation sites is 1. The number of benzene rings is 2. The number of amides is 1. The van der Waals surface area contributed by atoms with Crippen LogP contribution in [0.1, 0.15) is 0 Å². The first kappa shape index (κ1) is 18.1. The van der Waals surface area contributed by atoms with Crippen LogP contribution in [0.15, 0.2) is 81.2 Å². The van der Waals surface area contributed by atoms with Crippen molar-refractivity contribution in [1.29, 1.82) is 5.26 Å². The third kappa shape index (κ3) is 4.91. The lowest BCUT2D eigenvalue weighted by Gasteiger charge is -2.10. The highest BCUT2D eigenvalue weighted by Gasteiger charge is 2.13. The van der Waals surface area contributed by atoms with Crippen LogP contribution < -0.4 is 10.6 Å². The normalized spacial score (nSPS) is 13.7. The first-order valence-electron chi connectivity index (χ1n) is 7.93. The Kier molecular flexibility index (Phi) is 6.36. The molecule has 0 atom stereocenters. The molecule has 1 amide bonds. The fourth-order valence-electron chi connectivity index (χ4n) is 2.17. The molecule has 0 aromatic heterocycles. The Morgan fingerprint density at radius 1 is 1.19 bits per heavy atom. The number of amidine groups is 1. The molecule has 0 unspecified atom stereocenters. The monoisotopic (exact) mass is 380 g/mol. The van der Waals surface area contributed by atoms with Gasteiger partial charge in [-0.05, 0) is 24.3 Å². The van der Waals surface area contributed by atoms with Gasteiger partial charge in [0.1, 0.15) is 11.6 Å². The fourth-order valence-corrected chi connectivity index (χ4v) is 3.79. The summed E-state index contributed by atoms with van der Waals surface area (Å²) in [5.41, 5.74) is 0.666. The van der Waals surface area contributed by atoms with Gasteiger partial charge in [0, 0.05) is 21.7 Å². The summed E-state index contributed by atoms with van der Waals surface area (Å²) in [6.07, 6.45) is 1.40. The molecule has 2 N–H and O–H groups in total. The lowest BCUT2D eigenvalue weighted by Crippen LogP contribution is -2.18. The van der Waals surface area contributed by atoms with E-state index in [2.05, 4.69) is 15.6 Å². The first-order valence-corrected chi connectivity index (χ1v) is 9.74. The lowest BCUT2D eigenvalue weighted by molar-refractivity contribution is -0.112. The molecular formula is C19H16N4OS2. The van der Waals surface area contributed by atoms with E-state index in [1.165, 1.54) is 6.20 Å². The summed E-state index contributed by atoms with van der Waals surface area (Å²) >= 11 is 3.12. The molecule has 0 radical (unpaired) electrons. The largest absolute Gasteiger partial charge is 0.340 e. The Labute approximate surface area is 160 Å². The van der Waals surface area contributed by atoms with E-state index < -0.39 is 5.91 Å². The van der Waals surface area contributed by atoms with Gasteiger partial charge >= 0.3 is 0 Å². The number of hydrogen-bond acceptors (Lipinski definition) is 6. The molecule has 0 bridgehead atoms. The Balaban J connectivity index is 1.72. The van der Waals surface area contributed by atoms with Crippen LogP contribution in [-0.2, 0) is 4.79 Å². The van der Waals surface area contributed by atoms with E-state index in [-0.39, 0.29) is 5.57 Å². The Morgan fingerprint density at radius 3 is 2.69 bits per heavy atom. The van der Waals surface area contributed by atoms with E-state index in [0.29, 0.717) is 5.69 Å². The molecule has 0 spiro atoms. The number of carbonyl (C=O) groups is 1. The van der Waals surface area contributed by atoms with Gasteiger partial charge in [0.15, 0.2) is 5.17 Å². The quantitative estimate of drug-likeness (QED) is 0.608. The van der Waals surface area contributed by atoms with Crippen LogP contribution in [0, 0.1) is 11.3 Å². The maximum absolute atomic E-state index is 12.5. The summed E-state index contributed by atoms with van der Waals surface area (Å²) in [7, 11) is 0. The van der Waals surface area contributed by atoms with E-state index in [1.54, 1.807) is 23.5 Å². The zero-order valence-electron chi connectivity index (χ0n) is 13.8. The number of thioether (sulfide) groups is 1. The minimum atomic E-state index is -0.454. The number of aliphatic imine (C=N–C) groups is 1. The zero-order chi connectivity index (χ0) is 18.2. The van der Waals surface area contributed by atoms with Crippen LogP contribution in [-0.4, -0.2) is 23.4 Å². The molecule has 130 valence electrons. The van der Waals surface area contributed by atoms with Gasteiger partial charge in [0.25, 0.3) is 5.91 Å². The molecule has 7 heteroatoms. The van der Waals surface area contributed by atoms with Crippen molar-refractivity contribution in [2.45, 2.75) is 9.79 Å². The van der Waals surface area contributed by atoms with Gasteiger partial charge in [-0.3, -0.25) is 9.79 Å². The van der Waals surface area contributed by atoms with Gasteiger partial charge in [-0.15, -0.1) is 0 Å². The van der Waals surface area contributed by atoms with Gasteiger partial charge < -0.3 is 10.6 Å². The van der Waals surface area contributed by atoms with E-state index in [1.807, 2.05) is 60.7 Å². The number of nitrogens with zero attached hydrogens (tertiary/aromatic N) is 2. The summed E-state index contributed by atoms with van der Waals surface area (Å²) in [6.45, 7) is 0.749. The van der Waals surface area contributed by atoms with E-state index >= 15 is 0 Å². The fraction of sp³-hybridized carbons (Fsp3) is 0.105. The summed E-state index contributed by atoms with van der Waals surface area (Å²) in [5.74, 6) is 0.457. The zero-order valence-corrected chi connectivity index (χ0v) is 15.4. The molecule has 26 heavy (non-hydrogen) atoms. The molecule has 1 heterocycles. The Morgan fingerprint density at radius 2 is 1.96 bits per heavy atom. The van der Waals surface area contributed by atoms with Crippen molar-refractivity contribution in [3.8, 4) is 6.07 Å². The average Bonchev–Trinajstić information content (AvgIpc) is 3.18. The highest BCUT2D eigenvalue weighted by molar-refractivity contribution is 8.14. The standard InChI is InChI=1S/C19H16N4OS2/c20-12-14(13-22-19-21-10-11-25-19)18(24)23-16-8-4-5-9-17(16)26-15-6-2-1-3-7-15/h1-9,13H,10-11H2,(H,21,22)(H,23,24)/b14-13-. The predicted molar refractivity (Wildman–Crippen MR) is 107 cm³/mol. The molecule has 2 aromatic rings. The van der Waals surface area contributed by atoms with E-state index in [0.717, 1.165) is 27.3 Å². The average molecular weight is 380 g/mol. The molecule has 1 aliphatic rings. The van der Waals surface area contributed by atoms with Crippen LogP contribution in [0.5, 0.6) is 0 Å². The molecule has 0 saturated carbocycles. The molecule has 3 rings (SSSR count). The highest BCUT2D eigenvalue weighted by Crippen LogP contribution is 2.33. The van der Waals surface area contributed by atoms with Crippen molar-refractivity contribution >= 4 is 40.3 Å². The second-order valence-corrected chi connectivity index (χ2v) is 7.41. The summed E-state index contributed by atoms with van der Waals surface area (Å²) in [5, 5.41) is 15.7.